The highest BCUT2D eigenvalue weighted by Gasteiger charge is 2.30. The summed E-state index contributed by atoms with van der Waals surface area (Å²) in [5.41, 5.74) is 7.59. The van der Waals surface area contributed by atoms with Crippen molar-refractivity contribution in [1.82, 2.24) is 0 Å². The third-order valence-corrected chi connectivity index (χ3v) is 3.73. The summed E-state index contributed by atoms with van der Waals surface area (Å²) < 4.78 is 5.48. The number of benzene rings is 2. The number of fused-ring (bicyclic) bond motifs is 1. The molecular formula is C18H14N2O2. The fourth-order valence-corrected chi connectivity index (χ4v) is 2.63. The Morgan fingerprint density at radius 1 is 1.14 bits per heavy atom. The quantitative estimate of drug-likeness (QED) is 0.881. The number of rotatable bonds is 3. The van der Waals surface area contributed by atoms with Gasteiger partial charge in [0.25, 0.3) is 0 Å². The highest BCUT2D eigenvalue weighted by atomic mass is 16.5. The van der Waals surface area contributed by atoms with Crippen LogP contribution in [-0.2, 0) is 0 Å². The van der Waals surface area contributed by atoms with Crippen LogP contribution in [0.1, 0.15) is 28.3 Å². The molecule has 1 unspecified atom stereocenters. The first-order chi connectivity index (χ1) is 10.7. The molecule has 0 saturated carbocycles. The van der Waals surface area contributed by atoms with Crippen LogP contribution in [0.3, 0.4) is 0 Å². The van der Waals surface area contributed by atoms with Crippen molar-refractivity contribution in [3.05, 3.63) is 77.2 Å². The van der Waals surface area contributed by atoms with Gasteiger partial charge in [-0.15, -0.1) is 0 Å². The molecule has 0 aromatic heterocycles. The smallest absolute Gasteiger partial charge is 0.205 e. The van der Waals surface area contributed by atoms with E-state index in [1.807, 2.05) is 36.4 Å². The van der Waals surface area contributed by atoms with Gasteiger partial charge >= 0.3 is 0 Å². The van der Waals surface area contributed by atoms with Crippen LogP contribution in [0.25, 0.3) is 0 Å². The Morgan fingerprint density at radius 2 is 1.82 bits per heavy atom. The van der Waals surface area contributed by atoms with Gasteiger partial charge in [-0.25, -0.2) is 0 Å². The number of ether oxygens (including phenoxy) is 1. The molecule has 22 heavy (non-hydrogen) atoms. The van der Waals surface area contributed by atoms with Crippen LogP contribution in [0.5, 0.6) is 5.75 Å². The van der Waals surface area contributed by atoms with Crippen molar-refractivity contribution in [3.63, 3.8) is 0 Å². The van der Waals surface area contributed by atoms with Gasteiger partial charge in [0.15, 0.2) is 5.78 Å². The summed E-state index contributed by atoms with van der Waals surface area (Å²) in [6, 6.07) is 18.5. The summed E-state index contributed by atoms with van der Waals surface area (Å²) in [6.07, 6.45) is 0.188. The number of carbonyl (C=O) groups excluding carboxylic acids is 1. The molecule has 1 aliphatic rings. The van der Waals surface area contributed by atoms with Gasteiger partial charge in [0.1, 0.15) is 11.8 Å². The predicted octanol–water partition coefficient (Wildman–Crippen LogP) is 3.13. The lowest BCUT2D eigenvalue weighted by Gasteiger charge is -2.25. The standard InChI is InChI=1S/C18H14N2O2/c19-11-15-14(10-16(21)12-6-2-1-3-7-12)13-8-4-5-9-17(13)22-18(15)20/h1-9,14H,10,20H2. The van der Waals surface area contributed by atoms with Gasteiger partial charge in [-0.1, -0.05) is 48.5 Å². The van der Waals surface area contributed by atoms with E-state index >= 15 is 0 Å². The molecule has 0 spiro atoms. The number of nitrogens with two attached hydrogens (primary N) is 1. The van der Waals surface area contributed by atoms with Gasteiger partial charge in [-0.3, -0.25) is 4.79 Å². The first-order valence-corrected chi connectivity index (χ1v) is 6.95. The molecule has 108 valence electrons. The van der Waals surface area contributed by atoms with Crippen LogP contribution in [0.2, 0.25) is 0 Å². The second-order valence-electron chi connectivity index (χ2n) is 5.08. The normalized spacial score (nSPS) is 16.4. The number of carbonyl (C=O) groups is 1. The SMILES string of the molecule is N#CC1=C(N)Oc2ccccc2C1CC(=O)c1ccccc1. The van der Waals surface area contributed by atoms with E-state index in [1.54, 1.807) is 18.2 Å². The Labute approximate surface area is 128 Å². The topological polar surface area (TPSA) is 76.1 Å². The van der Waals surface area contributed by atoms with Gasteiger partial charge in [0.05, 0.1) is 5.57 Å². The number of para-hydroxylation sites is 1. The lowest BCUT2D eigenvalue weighted by Crippen LogP contribution is -2.22. The maximum Gasteiger partial charge on any atom is 0.205 e. The van der Waals surface area contributed by atoms with E-state index in [2.05, 4.69) is 6.07 Å². The van der Waals surface area contributed by atoms with Gasteiger partial charge in [0, 0.05) is 23.5 Å². The van der Waals surface area contributed by atoms with Crippen molar-refractivity contribution in [2.75, 3.05) is 0 Å². The molecule has 0 bridgehead atoms. The number of hydrogen-bond donors (Lipinski definition) is 1. The lowest BCUT2D eigenvalue weighted by molar-refractivity contribution is 0.0976. The first kappa shape index (κ1) is 13.9. The molecular weight excluding hydrogens is 276 g/mol. The molecule has 2 N–H and O–H groups in total. The molecule has 3 rings (SSSR count). The van der Waals surface area contributed by atoms with Crippen molar-refractivity contribution in [3.8, 4) is 11.8 Å². The Morgan fingerprint density at radius 3 is 2.55 bits per heavy atom. The summed E-state index contributed by atoms with van der Waals surface area (Å²) >= 11 is 0. The molecule has 0 saturated heterocycles. The maximum absolute atomic E-state index is 12.5. The minimum Gasteiger partial charge on any atom is -0.440 e. The molecule has 4 heteroatoms. The summed E-state index contributed by atoms with van der Waals surface area (Å²) in [5.74, 6) is 0.280. The lowest BCUT2D eigenvalue weighted by atomic mass is 9.84. The fourth-order valence-electron chi connectivity index (χ4n) is 2.63. The zero-order valence-corrected chi connectivity index (χ0v) is 11.8. The first-order valence-electron chi connectivity index (χ1n) is 6.95. The monoisotopic (exact) mass is 290 g/mol. The summed E-state index contributed by atoms with van der Waals surface area (Å²) in [7, 11) is 0. The fraction of sp³-hybridized carbons (Fsp3) is 0.111. The third-order valence-electron chi connectivity index (χ3n) is 3.73. The second kappa shape index (κ2) is 5.74. The highest BCUT2D eigenvalue weighted by Crippen LogP contribution is 2.40. The van der Waals surface area contributed by atoms with Crippen LogP contribution in [0, 0.1) is 11.3 Å². The molecule has 1 heterocycles. The van der Waals surface area contributed by atoms with Crippen LogP contribution in [0.4, 0.5) is 0 Å². The average Bonchev–Trinajstić information content (AvgIpc) is 2.55. The van der Waals surface area contributed by atoms with Crippen LogP contribution < -0.4 is 10.5 Å². The number of nitriles is 1. The molecule has 4 nitrogen and oxygen atoms in total. The summed E-state index contributed by atoms with van der Waals surface area (Å²) in [5, 5.41) is 9.36. The molecule has 0 aliphatic carbocycles. The Balaban J connectivity index is 1.98. The molecule has 0 amide bonds. The number of allylic oxidation sites excluding steroid dienone is 1. The number of hydrogen-bond acceptors (Lipinski definition) is 4. The Bertz CT molecular complexity index is 788. The molecule has 1 aliphatic heterocycles. The van der Waals surface area contributed by atoms with E-state index in [0.29, 0.717) is 16.9 Å². The largest absolute Gasteiger partial charge is 0.440 e. The molecule has 1 atom stereocenters. The summed E-state index contributed by atoms with van der Waals surface area (Å²) in [4.78, 5) is 12.5. The minimum absolute atomic E-state index is 0.0251. The van der Waals surface area contributed by atoms with E-state index in [4.69, 9.17) is 10.5 Å². The maximum atomic E-state index is 12.5. The molecule has 2 aromatic rings. The van der Waals surface area contributed by atoms with Crippen LogP contribution >= 0.6 is 0 Å². The van der Waals surface area contributed by atoms with Gasteiger partial charge in [-0.05, 0) is 6.07 Å². The number of nitrogens with zero attached hydrogens (tertiary/aromatic N) is 1. The zero-order valence-electron chi connectivity index (χ0n) is 11.8. The highest BCUT2D eigenvalue weighted by molar-refractivity contribution is 5.97. The second-order valence-corrected chi connectivity index (χ2v) is 5.08. The molecule has 0 fully saturated rings. The van der Waals surface area contributed by atoms with Crippen molar-refractivity contribution in [2.24, 2.45) is 5.73 Å². The van der Waals surface area contributed by atoms with Crippen molar-refractivity contribution in [1.29, 1.82) is 5.26 Å². The minimum atomic E-state index is -0.373. The predicted molar refractivity (Wildman–Crippen MR) is 82.0 cm³/mol. The van der Waals surface area contributed by atoms with E-state index in [0.717, 1.165) is 5.56 Å². The van der Waals surface area contributed by atoms with Gasteiger partial charge in [-0.2, -0.15) is 5.26 Å². The van der Waals surface area contributed by atoms with E-state index in [1.165, 1.54) is 0 Å². The van der Waals surface area contributed by atoms with Gasteiger partial charge < -0.3 is 10.5 Å². The van der Waals surface area contributed by atoms with E-state index in [-0.39, 0.29) is 24.0 Å². The van der Waals surface area contributed by atoms with Crippen LogP contribution in [-0.4, -0.2) is 5.78 Å². The van der Waals surface area contributed by atoms with Crippen LogP contribution in [0.15, 0.2) is 66.1 Å². The summed E-state index contributed by atoms with van der Waals surface area (Å²) in [6.45, 7) is 0. The molecule has 2 aromatic carbocycles. The van der Waals surface area contributed by atoms with Crippen molar-refractivity contribution < 1.29 is 9.53 Å². The number of ketones is 1. The Hall–Kier alpha value is -3.06. The number of Topliss-reactive ketones (excluding diaryl/α,β-unsaturated/α-hetero) is 1. The van der Waals surface area contributed by atoms with E-state index < -0.39 is 0 Å². The third kappa shape index (κ3) is 2.45. The molecule has 0 radical (unpaired) electrons. The van der Waals surface area contributed by atoms with E-state index in [9.17, 15) is 10.1 Å². The Kier molecular flexibility index (Phi) is 3.63. The van der Waals surface area contributed by atoms with Crippen molar-refractivity contribution in [2.45, 2.75) is 12.3 Å². The zero-order chi connectivity index (χ0) is 15.5. The average molecular weight is 290 g/mol. The van der Waals surface area contributed by atoms with Crippen molar-refractivity contribution >= 4 is 5.78 Å². The van der Waals surface area contributed by atoms with Gasteiger partial charge in [0.2, 0.25) is 5.88 Å².